The summed E-state index contributed by atoms with van der Waals surface area (Å²) in [4.78, 5) is 26.8. The van der Waals surface area contributed by atoms with Crippen molar-refractivity contribution in [1.82, 2.24) is 9.80 Å². The highest BCUT2D eigenvalue weighted by Gasteiger charge is 2.20. The van der Waals surface area contributed by atoms with Crippen molar-refractivity contribution < 1.29 is 14.7 Å². The molecule has 0 saturated carbocycles. The van der Waals surface area contributed by atoms with Crippen molar-refractivity contribution in [2.75, 3.05) is 44.6 Å². The first-order valence-electron chi connectivity index (χ1n) is 7.48. The number of nitrogens with zero attached hydrogens (tertiary/aromatic N) is 2. The van der Waals surface area contributed by atoms with Gasteiger partial charge in [-0.3, -0.25) is 19.4 Å². The van der Waals surface area contributed by atoms with Crippen molar-refractivity contribution in [2.45, 2.75) is 13.8 Å². The Kier molecular flexibility index (Phi) is 5.51. The molecule has 6 heteroatoms. The van der Waals surface area contributed by atoms with Gasteiger partial charge in [-0.15, -0.1) is 0 Å². The van der Waals surface area contributed by atoms with Gasteiger partial charge in [0.15, 0.2) is 0 Å². The van der Waals surface area contributed by atoms with E-state index in [1.165, 1.54) is 0 Å². The van der Waals surface area contributed by atoms with Gasteiger partial charge in [-0.25, -0.2) is 0 Å². The Hall–Kier alpha value is -1.92. The van der Waals surface area contributed by atoms with Gasteiger partial charge in [0.1, 0.15) is 0 Å². The summed E-state index contributed by atoms with van der Waals surface area (Å²) in [5.74, 6) is -0.828. The topological polar surface area (TPSA) is 72.9 Å². The molecule has 1 aliphatic rings. The first kappa shape index (κ1) is 16.5. The van der Waals surface area contributed by atoms with Gasteiger partial charge in [-0.1, -0.05) is 18.2 Å². The molecule has 6 nitrogen and oxygen atoms in total. The Morgan fingerprint density at radius 1 is 1.05 bits per heavy atom. The Morgan fingerprint density at radius 2 is 1.55 bits per heavy atom. The molecule has 2 N–H and O–H groups in total. The van der Waals surface area contributed by atoms with Gasteiger partial charge in [0.05, 0.1) is 13.1 Å². The highest BCUT2D eigenvalue weighted by molar-refractivity contribution is 5.93. The first-order chi connectivity index (χ1) is 10.5. The summed E-state index contributed by atoms with van der Waals surface area (Å²) in [5.41, 5.74) is 3.00. The van der Waals surface area contributed by atoms with Gasteiger partial charge in [0.2, 0.25) is 5.91 Å². The van der Waals surface area contributed by atoms with Crippen molar-refractivity contribution in [1.29, 1.82) is 0 Å². The predicted molar refractivity (Wildman–Crippen MR) is 85.1 cm³/mol. The van der Waals surface area contributed by atoms with Crippen LogP contribution < -0.4 is 5.32 Å². The number of rotatable bonds is 5. The van der Waals surface area contributed by atoms with Crippen LogP contribution in [0.15, 0.2) is 18.2 Å². The average Bonchev–Trinajstić information content (AvgIpc) is 2.45. The van der Waals surface area contributed by atoms with Crippen LogP contribution in [0.25, 0.3) is 0 Å². The third-order valence-corrected chi connectivity index (χ3v) is 3.94. The molecule has 0 aromatic heterocycles. The molecule has 1 amide bonds. The molecule has 0 unspecified atom stereocenters. The number of aryl methyl sites for hydroxylation is 2. The first-order valence-corrected chi connectivity index (χ1v) is 7.48. The second-order valence-corrected chi connectivity index (χ2v) is 5.76. The molecule has 0 spiro atoms. The number of para-hydroxylation sites is 1. The number of hydrogen-bond acceptors (Lipinski definition) is 4. The van der Waals surface area contributed by atoms with Crippen LogP contribution in [0.4, 0.5) is 5.69 Å². The number of piperazine rings is 1. The highest BCUT2D eigenvalue weighted by atomic mass is 16.4. The number of amides is 1. The van der Waals surface area contributed by atoms with Gasteiger partial charge >= 0.3 is 5.97 Å². The Labute approximate surface area is 130 Å². The molecule has 0 atom stereocenters. The number of carbonyl (C=O) groups is 2. The zero-order chi connectivity index (χ0) is 16.1. The van der Waals surface area contributed by atoms with Crippen LogP contribution in [-0.4, -0.2) is 66.1 Å². The number of benzene rings is 1. The number of carboxylic acid groups (broad SMARTS) is 1. The van der Waals surface area contributed by atoms with E-state index in [1.807, 2.05) is 36.9 Å². The normalized spacial score (nSPS) is 16.5. The molecule has 1 aliphatic heterocycles. The molecule has 1 aromatic rings. The predicted octanol–water partition coefficient (Wildman–Crippen LogP) is 0.944. The lowest BCUT2D eigenvalue weighted by atomic mass is 10.1. The van der Waals surface area contributed by atoms with E-state index in [0.29, 0.717) is 32.7 Å². The van der Waals surface area contributed by atoms with Crippen LogP contribution in [0.2, 0.25) is 0 Å². The van der Waals surface area contributed by atoms with E-state index in [4.69, 9.17) is 5.11 Å². The molecule has 0 aliphatic carbocycles. The van der Waals surface area contributed by atoms with Crippen LogP contribution in [-0.2, 0) is 9.59 Å². The molecule has 1 saturated heterocycles. The molecule has 0 bridgehead atoms. The standard InChI is InChI=1S/C16H23N3O3/c1-12-4-3-5-13(2)16(12)17-14(20)10-18-6-8-19(9-7-18)11-15(21)22/h3-5H,6-11H2,1-2H3,(H,17,20)(H,21,22). The fraction of sp³-hybridized carbons (Fsp3) is 0.500. The summed E-state index contributed by atoms with van der Waals surface area (Å²) in [6.45, 7) is 7.17. The van der Waals surface area contributed by atoms with Crippen LogP contribution in [0.5, 0.6) is 0 Å². The van der Waals surface area contributed by atoms with Crippen LogP contribution in [0, 0.1) is 13.8 Å². The largest absolute Gasteiger partial charge is 0.480 e. The minimum atomic E-state index is -0.804. The van der Waals surface area contributed by atoms with Crippen molar-refractivity contribution >= 4 is 17.6 Å². The quantitative estimate of drug-likeness (QED) is 0.847. The summed E-state index contributed by atoms with van der Waals surface area (Å²) < 4.78 is 0. The number of carboxylic acids is 1. The maximum Gasteiger partial charge on any atom is 0.317 e. The molecular formula is C16H23N3O3. The molecule has 0 radical (unpaired) electrons. The van der Waals surface area contributed by atoms with E-state index in [-0.39, 0.29) is 12.5 Å². The number of carbonyl (C=O) groups excluding carboxylic acids is 1. The van der Waals surface area contributed by atoms with Crippen LogP contribution in [0.3, 0.4) is 0 Å². The second kappa shape index (κ2) is 7.38. The molecule has 1 fully saturated rings. The number of nitrogens with one attached hydrogen (secondary N) is 1. The number of hydrogen-bond donors (Lipinski definition) is 2. The zero-order valence-corrected chi connectivity index (χ0v) is 13.1. The lowest BCUT2D eigenvalue weighted by Crippen LogP contribution is -2.49. The monoisotopic (exact) mass is 305 g/mol. The minimum Gasteiger partial charge on any atom is -0.480 e. The molecule has 120 valence electrons. The van der Waals surface area contributed by atoms with E-state index in [2.05, 4.69) is 10.2 Å². The fourth-order valence-electron chi connectivity index (χ4n) is 2.69. The van der Waals surface area contributed by atoms with Gasteiger partial charge in [0.25, 0.3) is 0 Å². The number of anilines is 1. The summed E-state index contributed by atoms with van der Waals surface area (Å²) >= 11 is 0. The summed E-state index contributed by atoms with van der Waals surface area (Å²) in [6.07, 6.45) is 0. The maximum absolute atomic E-state index is 12.2. The molecule has 22 heavy (non-hydrogen) atoms. The number of aliphatic carboxylic acids is 1. The van der Waals surface area contributed by atoms with Gasteiger partial charge in [-0.05, 0) is 25.0 Å². The van der Waals surface area contributed by atoms with E-state index in [0.717, 1.165) is 16.8 Å². The Morgan fingerprint density at radius 3 is 2.05 bits per heavy atom. The zero-order valence-electron chi connectivity index (χ0n) is 13.1. The average molecular weight is 305 g/mol. The Balaban J connectivity index is 1.82. The lowest BCUT2D eigenvalue weighted by molar-refractivity contribution is -0.139. The third-order valence-electron chi connectivity index (χ3n) is 3.94. The van der Waals surface area contributed by atoms with Crippen molar-refractivity contribution in [2.24, 2.45) is 0 Å². The van der Waals surface area contributed by atoms with Crippen molar-refractivity contribution in [3.63, 3.8) is 0 Å². The van der Waals surface area contributed by atoms with Crippen molar-refractivity contribution in [3.05, 3.63) is 29.3 Å². The van der Waals surface area contributed by atoms with E-state index >= 15 is 0 Å². The minimum absolute atomic E-state index is 0.0240. The maximum atomic E-state index is 12.2. The fourth-order valence-corrected chi connectivity index (χ4v) is 2.69. The molecular weight excluding hydrogens is 282 g/mol. The van der Waals surface area contributed by atoms with E-state index in [1.54, 1.807) is 0 Å². The smallest absolute Gasteiger partial charge is 0.317 e. The summed E-state index contributed by atoms with van der Waals surface area (Å²) in [5, 5.41) is 11.8. The van der Waals surface area contributed by atoms with Crippen LogP contribution in [0.1, 0.15) is 11.1 Å². The van der Waals surface area contributed by atoms with Crippen molar-refractivity contribution in [3.8, 4) is 0 Å². The molecule has 2 rings (SSSR count). The lowest BCUT2D eigenvalue weighted by Gasteiger charge is -2.33. The van der Waals surface area contributed by atoms with E-state index < -0.39 is 5.97 Å². The molecule has 1 aromatic carbocycles. The van der Waals surface area contributed by atoms with Gasteiger partial charge in [0, 0.05) is 31.9 Å². The third kappa shape index (κ3) is 4.54. The van der Waals surface area contributed by atoms with Crippen LogP contribution >= 0.6 is 0 Å². The van der Waals surface area contributed by atoms with Gasteiger partial charge in [-0.2, -0.15) is 0 Å². The SMILES string of the molecule is Cc1cccc(C)c1NC(=O)CN1CCN(CC(=O)O)CC1. The summed E-state index contributed by atoms with van der Waals surface area (Å²) in [6, 6.07) is 5.93. The summed E-state index contributed by atoms with van der Waals surface area (Å²) in [7, 11) is 0. The highest BCUT2D eigenvalue weighted by Crippen LogP contribution is 2.19. The van der Waals surface area contributed by atoms with Gasteiger partial charge < -0.3 is 10.4 Å². The molecule has 1 heterocycles. The Bertz CT molecular complexity index is 531. The van der Waals surface area contributed by atoms with E-state index in [9.17, 15) is 9.59 Å². The second-order valence-electron chi connectivity index (χ2n) is 5.76.